The van der Waals surface area contributed by atoms with E-state index in [0.29, 0.717) is 29.5 Å². The summed E-state index contributed by atoms with van der Waals surface area (Å²) in [5, 5.41) is 0. The number of aryl methyl sites for hydroxylation is 1. The summed E-state index contributed by atoms with van der Waals surface area (Å²) in [4.78, 5) is 14.8. The molecule has 5 nitrogen and oxygen atoms in total. The summed E-state index contributed by atoms with van der Waals surface area (Å²) in [6.07, 6.45) is 2.43. The molecule has 112 valence electrons. The van der Waals surface area contributed by atoms with Gasteiger partial charge in [0.05, 0.1) is 12.3 Å². The number of rotatable bonds is 6. The summed E-state index contributed by atoms with van der Waals surface area (Å²) < 4.78 is 10.9. The number of nitrogens with one attached hydrogen (secondary N) is 1. The summed E-state index contributed by atoms with van der Waals surface area (Å²) in [7, 11) is 0. The van der Waals surface area contributed by atoms with Crippen molar-refractivity contribution >= 4 is 5.69 Å². The molecule has 0 fully saturated rings. The Kier molecular flexibility index (Phi) is 4.87. The van der Waals surface area contributed by atoms with Crippen molar-refractivity contribution in [2.45, 2.75) is 26.9 Å². The van der Waals surface area contributed by atoms with Gasteiger partial charge in [0.2, 0.25) is 5.43 Å². The highest BCUT2D eigenvalue weighted by atomic mass is 16.5. The molecule has 21 heavy (non-hydrogen) atoms. The van der Waals surface area contributed by atoms with Gasteiger partial charge in [-0.15, -0.1) is 0 Å². The number of pyridine rings is 1. The molecule has 5 heteroatoms. The number of anilines is 1. The number of hydrogen-bond acceptors (Lipinski definition) is 4. The van der Waals surface area contributed by atoms with Crippen LogP contribution in [0.5, 0.6) is 11.5 Å². The van der Waals surface area contributed by atoms with Crippen LogP contribution in [0.2, 0.25) is 0 Å². The zero-order chi connectivity index (χ0) is 15.2. The first kappa shape index (κ1) is 15.0. The molecule has 2 aromatic rings. The monoisotopic (exact) mass is 288 g/mol. The van der Waals surface area contributed by atoms with Crippen molar-refractivity contribution in [3.05, 3.63) is 51.9 Å². The zero-order valence-corrected chi connectivity index (χ0v) is 12.3. The Morgan fingerprint density at radius 3 is 2.71 bits per heavy atom. The first-order valence-electron chi connectivity index (χ1n) is 6.93. The molecule has 0 aliphatic rings. The normalized spacial score (nSPS) is 10.4. The highest BCUT2D eigenvalue weighted by molar-refractivity contribution is 5.50. The second-order valence-electron chi connectivity index (χ2n) is 4.84. The van der Waals surface area contributed by atoms with Gasteiger partial charge in [-0.25, -0.2) is 0 Å². The lowest BCUT2D eigenvalue weighted by Crippen LogP contribution is -2.11. The van der Waals surface area contributed by atoms with Gasteiger partial charge in [-0.05, 0) is 25.0 Å². The molecule has 0 unspecified atom stereocenters. The van der Waals surface area contributed by atoms with Gasteiger partial charge in [-0.2, -0.15) is 0 Å². The summed E-state index contributed by atoms with van der Waals surface area (Å²) in [5.74, 6) is 1.01. The standard InChI is InChI=1S/C16H20N2O3/c1-3-6-20-16-9-18-12(7-15(16)19)10-21-13-5-4-11(2)14(17)8-13/h4-5,7-9H,3,6,10,17H2,1-2H3,(H,18,19). The number of nitrogen functional groups attached to an aromatic ring is 1. The number of H-pyrrole nitrogens is 1. The van der Waals surface area contributed by atoms with E-state index in [1.807, 2.05) is 26.0 Å². The van der Waals surface area contributed by atoms with Crippen LogP contribution in [0.4, 0.5) is 5.69 Å². The average molecular weight is 288 g/mol. The second kappa shape index (κ2) is 6.83. The molecule has 0 atom stereocenters. The van der Waals surface area contributed by atoms with Gasteiger partial charge >= 0.3 is 0 Å². The lowest BCUT2D eigenvalue weighted by molar-refractivity contribution is 0.297. The number of aromatic nitrogens is 1. The lowest BCUT2D eigenvalue weighted by Gasteiger charge is -2.09. The zero-order valence-electron chi connectivity index (χ0n) is 12.3. The number of nitrogens with two attached hydrogens (primary N) is 1. The molecule has 1 aromatic heterocycles. The minimum absolute atomic E-state index is 0.149. The topological polar surface area (TPSA) is 77.3 Å². The van der Waals surface area contributed by atoms with E-state index < -0.39 is 0 Å². The van der Waals surface area contributed by atoms with Gasteiger partial charge < -0.3 is 20.2 Å². The maximum Gasteiger partial charge on any atom is 0.223 e. The van der Waals surface area contributed by atoms with Crippen molar-refractivity contribution in [2.75, 3.05) is 12.3 Å². The first-order valence-corrected chi connectivity index (χ1v) is 6.93. The average Bonchev–Trinajstić information content (AvgIpc) is 2.47. The molecule has 0 saturated heterocycles. The van der Waals surface area contributed by atoms with Crippen LogP contribution in [0.25, 0.3) is 0 Å². The van der Waals surface area contributed by atoms with Crippen molar-refractivity contribution in [3.8, 4) is 11.5 Å². The van der Waals surface area contributed by atoms with E-state index in [1.54, 1.807) is 12.3 Å². The first-order chi connectivity index (χ1) is 10.1. The van der Waals surface area contributed by atoms with Gasteiger partial charge in [-0.1, -0.05) is 13.0 Å². The molecule has 0 aliphatic carbocycles. The molecule has 0 radical (unpaired) electrons. The summed E-state index contributed by atoms with van der Waals surface area (Å²) in [6.45, 7) is 4.72. The van der Waals surface area contributed by atoms with E-state index in [0.717, 1.165) is 12.0 Å². The number of ether oxygens (including phenoxy) is 2. The van der Waals surface area contributed by atoms with E-state index in [9.17, 15) is 4.79 Å². The van der Waals surface area contributed by atoms with Crippen LogP contribution in [0, 0.1) is 6.92 Å². The van der Waals surface area contributed by atoms with Gasteiger partial charge in [-0.3, -0.25) is 4.79 Å². The van der Waals surface area contributed by atoms with Gasteiger partial charge in [0.25, 0.3) is 0 Å². The maximum atomic E-state index is 11.8. The fourth-order valence-electron chi connectivity index (χ4n) is 1.78. The van der Waals surface area contributed by atoms with Crippen molar-refractivity contribution in [3.63, 3.8) is 0 Å². The van der Waals surface area contributed by atoms with Crippen molar-refractivity contribution in [1.29, 1.82) is 0 Å². The van der Waals surface area contributed by atoms with Gasteiger partial charge in [0.1, 0.15) is 12.4 Å². The van der Waals surface area contributed by atoms with Crippen LogP contribution in [-0.2, 0) is 6.61 Å². The molecule has 1 aromatic carbocycles. The summed E-state index contributed by atoms with van der Waals surface area (Å²) in [5.41, 5.74) is 8.05. The van der Waals surface area contributed by atoms with E-state index in [4.69, 9.17) is 15.2 Å². The summed E-state index contributed by atoms with van der Waals surface area (Å²) >= 11 is 0. The molecule has 0 aliphatic heterocycles. The molecule has 3 N–H and O–H groups in total. The van der Waals surface area contributed by atoms with Crippen LogP contribution >= 0.6 is 0 Å². The van der Waals surface area contributed by atoms with Crippen LogP contribution in [0.15, 0.2) is 35.3 Å². The predicted molar refractivity (Wildman–Crippen MR) is 82.8 cm³/mol. The van der Waals surface area contributed by atoms with Crippen LogP contribution in [0.1, 0.15) is 24.6 Å². The van der Waals surface area contributed by atoms with E-state index in [-0.39, 0.29) is 12.0 Å². The second-order valence-corrected chi connectivity index (χ2v) is 4.84. The van der Waals surface area contributed by atoms with Crippen LogP contribution in [0.3, 0.4) is 0 Å². The molecule has 0 bridgehead atoms. The molecule has 0 amide bonds. The van der Waals surface area contributed by atoms with Crippen LogP contribution in [-0.4, -0.2) is 11.6 Å². The van der Waals surface area contributed by atoms with Crippen LogP contribution < -0.4 is 20.6 Å². The SMILES string of the molecule is CCCOc1c[nH]c(COc2ccc(C)c(N)c2)cc1=O. The molecule has 0 saturated carbocycles. The van der Waals surface area contributed by atoms with Crippen molar-refractivity contribution < 1.29 is 9.47 Å². The van der Waals surface area contributed by atoms with Gasteiger partial charge in [0, 0.05) is 24.0 Å². The Bertz CT molecular complexity index is 665. The molecular weight excluding hydrogens is 268 g/mol. The highest BCUT2D eigenvalue weighted by Gasteiger charge is 2.04. The fourth-order valence-corrected chi connectivity index (χ4v) is 1.78. The van der Waals surface area contributed by atoms with Gasteiger partial charge in [0.15, 0.2) is 5.75 Å². The third-order valence-corrected chi connectivity index (χ3v) is 3.04. The van der Waals surface area contributed by atoms with E-state index in [1.165, 1.54) is 6.07 Å². The minimum atomic E-state index is -0.149. The Morgan fingerprint density at radius 2 is 2.05 bits per heavy atom. The highest BCUT2D eigenvalue weighted by Crippen LogP contribution is 2.19. The predicted octanol–water partition coefficient (Wildman–Crippen LogP) is 2.63. The van der Waals surface area contributed by atoms with Crippen molar-refractivity contribution in [2.24, 2.45) is 0 Å². The molecule has 0 spiro atoms. The quantitative estimate of drug-likeness (QED) is 0.801. The molecule has 1 heterocycles. The van der Waals surface area contributed by atoms with E-state index in [2.05, 4.69) is 4.98 Å². The Labute approximate surface area is 123 Å². The third kappa shape index (κ3) is 4.02. The number of benzene rings is 1. The lowest BCUT2D eigenvalue weighted by atomic mass is 10.2. The third-order valence-electron chi connectivity index (χ3n) is 3.04. The largest absolute Gasteiger partial charge is 0.488 e. The van der Waals surface area contributed by atoms with E-state index >= 15 is 0 Å². The Morgan fingerprint density at radius 1 is 1.24 bits per heavy atom. The summed E-state index contributed by atoms with van der Waals surface area (Å²) in [6, 6.07) is 7.01. The maximum absolute atomic E-state index is 11.8. The Hall–Kier alpha value is -2.43. The Balaban J connectivity index is 2.01. The number of aromatic amines is 1. The van der Waals surface area contributed by atoms with Crippen molar-refractivity contribution in [1.82, 2.24) is 4.98 Å². The molecular formula is C16H20N2O3. The minimum Gasteiger partial charge on any atom is -0.488 e. The smallest absolute Gasteiger partial charge is 0.223 e. The number of hydrogen-bond donors (Lipinski definition) is 2. The molecule has 2 rings (SSSR count). The fraction of sp³-hybridized carbons (Fsp3) is 0.312.